The molecule has 0 radical (unpaired) electrons. The van der Waals surface area contributed by atoms with Crippen LogP contribution in [0.15, 0.2) is 41.8 Å². The van der Waals surface area contributed by atoms with E-state index < -0.39 is 15.8 Å². The van der Waals surface area contributed by atoms with Gasteiger partial charge in [0.1, 0.15) is 4.88 Å². The molecule has 0 fully saturated rings. The predicted molar refractivity (Wildman–Crippen MR) is 78.4 cm³/mol. The highest BCUT2D eigenvalue weighted by Crippen LogP contribution is 2.21. The minimum atomic E-state index is -3.32. The molecular formula is C14H14O4S2. The van der Waals surface area contributed by atoms with Crippen LogP contribution in [0, 0.1) is 0 Å². The Labute approximate surface area is 121 Å². The third kappa shape index (κ3) is 3.68. The van der Waals surface area contributed by atoms with Crippen LogP contribution in [0.2, 0.25) is 0 Å². The van der Waals surface area contributed by atoms with Crippen LogP contribution < -0.4 is 0 Å². The van der Waals surface area contributed by atoms with Crippen LogP contribution in [0.3, 0.4) is 0 Å². The van der Waals surface area contributed by atoms with E-state index in [4.69, 9.17) is 0 Å². The monoisotopic (exact) mass is 310 g/mol. The summed E-state index contributed by atoms with van der Waals surface area (Å²) in [5.74, 6) is -0.690. The number of sulfone groups is 1. The van der Waals surface area contributed by atoms with E-state index in [0.29, 0.717) is 10.4 Å². The number of carbonyl (C=O) groups excluding carboxylic acids is 1. The molecule has 2 rings (SSSR count). The van der Waals surface area contributed by atoms with Gasteiger partial charge in [0.05, 0.1) is 18.6 Å². The van der Waals surface area contributed by atoms with Crippen LogP contribution in [0.25, 0.3) is 0 Å². The molecule has 0 aliphatic carbocycles. The van der Waals surface area contributed by atoms with Gasteiger partial charge < -0.3 is 4.74 Å². The maximum atomic E-state index is 12.2. The number of thiophene rings is 1. The SMILES string of the molecule is COC(=O)c1sccc1CS(=O)(=O)Cc1ccccc1. The number of hydrogen-bond donors (Lipinski definition) is 0. The fraction of sp³-hybridized carbons (Fsp3) is 0.214. The van der Waals surface area contributed by atoms with Crippen molar-refractivity contribution >= 4 is 27.1 Å². The Kier molecular flexibility index (Phi) is 4.57. The summed E-state index contributed by atoms with van der Waals surface area (Å²) in [6.45, 7) is 0. The van der Waals surface area contributed by atoms with Crippen molar-refractivity contribution in [3.63, 3.8) is 0 Å². The summed E-state index contributed by atoms with van der Waals surface area (Å²) < 4.78 is 29.0. The van der Waals surface area contributed by atoms with Crippen LogP contribution in [0.4, 0.5) is 0 Å². The number of rotatable bonds is 5. The molecule has 0 unspecified atom stereocenters. The van der Waals surface area contributed by atoms with Gasteiger partial charge in [0.25, 0.3) is 0 Å². The van der Waals surface area contributed by atoms with Crippen molar-refractivity contribution in [1.82, 2.24) is 0 Å². The molecule has 0 spiro atoms. The van der Waals surface area contributed by atoms with E-state index in [1.807, 2.05) is 6.07 Å². The number of benzene rings is 1. The van der Waals surface area contributed by atoms with E-state index in [1.165, 1.54) is 18.4 Å². The number of methoxy groups -OCH3 is 1. The van der Waals surface area contributed by atoms with Crippen molar-refractivity contribution in [1.29, 1.82) is 0 Å². The van der Waals surface area contributed by atoms with Gasteiger partial charge in [0.15, 0.2) is 9.84 Å². The smallest absolute Gasteiger partial charge is 0.348 e. The van der Waals surface area contributed by atoms with Gasteiger partial charge in [-0.2, -0.15) is 0 Å². The van der Waals surface area contributed by atoms with Crippen molar-refractivity contribution in [2.75, 3.05) is 7.11 Å². The van der Waals surface area contributed by atoms with E-state index in [9.17, 15) is 13.2 Å². The Bertz CT molecular complexity index is 687. The lowest BCUT2D eigenvalue weighted by atomic mass is 10.2. The van der Waals surface area contributed by atoms with Gasteiger partial charge in [0, 0.05) is 0 Å². The van der Waals surface area contributed by atoms with Crippen molar-refractivity contribution in [3.05, 3.63) is 57.8 Å². The average Bonchev–Trinajstić information content (AvgIpc) is 2.85. The first kappa shape index (κ1) is 14.7. The molecule has 1 heterocycles. The summed E-state index contributed by atoms with van der Waals surface area (Å²) in [6.07, 6.45) is 0. The van der Waals surface area contributed by atoms with Gasteiger partial charge in [-0.3, -0.25) is 0 Å². The lowest BCUT2D eigenvalue weighted by Gasteiger charge is -2.05. The number of carbonyl (C=O) groups is 1. The predicted octanol–water partition coefficient (Wildman–Crippen LogP) is 2.65. The fourth-order valence-electron chi connectivity index (χ4n) is 1.84. The summed E-state index contributed by atoms with van der Waals surface area (Å²) in [5, 5.41) is 1.69. The van der Waals surface area contributed by atoms with E-state index in [-0.39, 0.29) is 11.5 Å². The zero-order chi connectivity index (χ0) is 14.6. The van der Waals surface area contributed by atoms with Crippen molar-refractivity contribution in [2.24, 2.45) is 0 Å². The number of ether oxygens (including phenoxy) is 1. The summed E-state index contributed by atoms with van der Waals surface area (Å²) >= 11 is 1.19. The molecule has 1 aromatic carbocycles. The topological polar surface area (TPSA) is 60.4 Å². The van der Waals surface area contributed by atoms with Crippen LogP contribution in [-0.2, 0) is 26.1 Å². The van der Waals surface area contributed by atoms with Gasteiger partial charge in [-0.25, -0.2) is 13.2 Å². The molecule has 0 aliphatic rings. The largest absolute Gasteiger partial charge is 0.465 e. The molecule has 0 atom stereocenters. The lowest BCUT2D eigenvalue weighted by Crippen LogP contribution is -2.10. The zero-order valence-electron chi connectivity index (χ0n) is 10.9. The lowest BCUT2D eigenvalue weighted by molar-refractivity contribution is 0.0605. The molecule has 0 saturated heterocycles. The Morgan fingerprint density at radius 2 is 1.85 bits per heavy atom. The van der Waals surface area contributed by atoms with Crippen molar-refractivity contribution in [2.45, 2.75) is 11.5 Å². The van der Waals surface area contributed by atoms with E-state index in [1.54, 1.807) is 35.7 Å². The minimum Gasteiger partial charge on any atom is -0.465 e. The highest BCUT2D eigenvalue weighted by Gasteiger charge is 2.20. The normalized spacial score (nSPS) is 11.2. The molecule has 0 bridgehead atoms. The van der Waals surface area contributed by atoms with Gasteiger partial charge in [0.2, 0.25) is 0 Å². The van der Waals surface area contributed by atoms with Crippen LogP contribution in [0.1, 0.15) is 20.8 Å². The maximum Gasteiger partial charge on any atom is 0.348 e. The van der Waals surface area contributed by atoms with Crippen LogP contribution in [-0.4, -0.2) is 21.5 Å². The average molecular weight is 310 g/mol. The van der Waals surface area contributed by atoms with Crippen LogP contribution >= 0.6 is 11.3 Å². The first-order valence-corrected chi connectivity index (χ1v) is 8.61. The first-order chi connectivity index (χ1) is 9.52. The Morgan fingerprint density at radius 3 is 2.50 bits per heavy atom. The molecule has 0 amide bonds. The second-order valence-electron chi connectivity index (χ2n) is 4.28. The summed E-state index contributed by atoms with van der Waals surface area (Å²) in [6, 6.07) is 10.6. The molecule has 0 N–H and O–H groups in total. The Morgan fingerprint density at radius 1 is 1.15 bits per heavy atom. The molecule has 0 aliphatic heterocycles. The standard InChI is InChI=1S/C14H14O4S2/c1-18-14(15)13-12(7-8-19-13)10-20(16,17)9-11-5-3-2-4-6-11/h2-8H,9-10H2,1H3. The number of hydrogen-bond acceptors (Lipinski definition) is 5. The summed E-state index contributed by atoms with van der Waals surface area (Å²) in [7, 11) is -2.04. The molecule has 0 saturated carbocycles. The van der Waals surface area contributed by atoms with Gasteiger partial charge >= 0.3 is 5.97 Å². The van der Waals surface area contributed by atoms with Gasteiger partial charge in [-0.15, -0.1) is 11.3 Å². The van der Waals surface area contributed by atoms with Gasteiger partial charge in [-0.1, -0.05) is 30.3 Å². The van der Waals surface area contributed by atoms with Crippen LogP contribution in [0.5, 0.6) is 0 Å². The van der Waals surface area contributed by atoms with E-state index in [0.717, 1.165) is 5.56 Å². The molecule has 4 nitrogen and oxygen atoms in total. The summed E-state index contributed by atoms with van der Waals surface area (Å²) in [4.78, 5) is 11.9. The highest BCUT2D eigenvalue weighted by molar-refractivity contribution is 7.89. The first-order valence-electron chi connectivity index (χ1n) is 5.91. The van der Waals surface area contributed by atoms with E-state index >= 15 is 0 Å². The molecule has 6 heteroatoms. The highest BCUT2D eigenvalue weighted by atomic mass is 32.2. The molecule has 2 aromatic rings. The minimum absolute atomic E-state index is 0.0374. The Hall–Kier alpha value is -1.66. The Balaban J connectivity index is 2.17. The van der Waals surface area contributed by atoms with E-state index in [2.05, 4.69) is 4.74 Å². The molecular weight excluding hydrogens is 296 g/mol. The second kappa shape index (κ2) is 6.19. The third-order valence-corrected chi connectivity index (χ3v) is 5.18. The van der Waals surface area contributed by atoms with Crippen molar-refractivity contribution < 1.29 is 17.9 Å². The van der Waals surface area contributed by atoms with Crippen molar-refractivity contribution in [3.8, 4) is 0 Å². The molecule has 106 valence electrons. The zero-order valence-corrected chi connectivity index (χ0v) is 12.5. The summed E-state index contributed by atoms with van der Waals surface area (Å²) in [5.41, 5.74) is 1.24. The fourth-order valence-corrected chi connectivity index (χ4v) is 4.28. The third-order valence-electron chi connectivity index (χ3n) is 2.72. The maximum absolute atomic E-state index is 12.2. The molecule has 1 aromatic heterocycles. The van der Waals surface area contributed by atoms with Gasteiger partial charge in [-0.05, 0) is 22.6 Å². The number of esters is 1. The second-order valence-corrected chi connectivity index (χ2v) is 7.26. The quantitative estimate of drug-likeness (QED) is 0.797. The molecule has 20 heavy (non-hydrogen) atoms.